The van der Waals surface area contributed by atoms with Gasteiger partial charge >= 0.3 is 5.97 Å². The molecule has 0 aliphatic carbocycles. The lowest BCUT2D eigenvalue weighted by atomic mass is 9.99. The van der Waals surface area contributed by atoms with Crippen molar-refractivity contribution < 1.29 is 29.3 Å². The van der Waals surface area contributed by atoms with Gasteiger partial charge in [-0.25, -0.2) is 0 Å². The molecule has 1 aliphatic rings. The molecule has 3 N–H and O–H groups in total. The van der Waals surface area contributed by atoms with Gasteiger partial charge < -0.3 is 29.9 Å². The number of likely N-dealkylation sites (N-methyl/N-ethyl adjacent to an activating group) is 1. The van der Waals surface area contributed by atoms with E-state index in [0.29, 0.717) is 13.0 Å². The maximum atomic E-state index is 11.9. The van der Waals surface area contributed by atoms with E-state index >= 15 is 0 Å². The summed E-state index contributed by atoms with van der Waals surface area (Å²) in [6.45, 7) is 5.68. The first kappa shape index (κ1) is 30.1. The minimum atomic E-state index is -0.989. The smallest absolute Gasteiger partial charge is 0.303 e. The number of aliphatic hydroxyl groups is 1. The summed E-state index contributed by atoms with van der Waals surface area (Å²) in [4.78, 5) is 24.8. The van der Waals surface area contributed by atoms with Crippen molar-refractivity contribution in [3.05, 3.63) is 108 Å². The van der Waals surface area contributed by atoms with E-state index in [2.05, 4.69) is 16.8 Å². The molecule has 0 bridgehead atoms. The van der Waals surface area contributed by atoms with Gasteiger partial charge in [-0.1, -0.05) is 72.8 Å². The Morgan fingerprint density at radius 2 is 1.71 bits per heavy atom. The number of rotatable bonds is 13. The van der Waals surface area contributed by atoms with Crippen molar-refractivity contribution in [3.63, 3.8) is 0 Å². The van der Waals surface area contributed by atoms with Crippen molar-refractivity contribution >= 4 is 11.9 Å². The molecular formula is C33H38N2O6. The Hall–Kier alpha value is -3.82. The molecule has 0 saturated carbocycles. The number of hydrogen-bond acceptors (Lipinski definition) is 6. The largest absolute Gasteiger partial charge is 0.481 e. The van der Waals surface area contributed by atoms with Crippen LogP contribution in [-0.2, 0) is 32.2 Å². The molecule has 41 heavy (non-hydrogen) atoms. The van der Waals surface area contributed by atoms with Gasteiger partial charge in [-0.15, -0.1) is 6.58 Å². The lowest BCUT2D eigenvalue weighted by molar-refractivity contribution is -0.252. The SMILES string of the molecule is C=CCN(C)C[C@@H]1C[C@H](c2ccc(CO)cc2)O[C@H](c2ccc(-c3cccc(CNC(=O)CCC(=O)O)c3)cc2)O1. The first-order valence-corrected chi connectivity index (χ1v) is 13.8. The lowest BCUT2D eigenvalue weighted by Gasteiger charge is -2.37. The molecule has 216 valence electrons. The van der Waals surface area contributed by atoms with Crippen LogP contribution in [0.15, 0.2) is 85.5 Å². The zero-order valence-corrected chi connectivity index (χ0v) is 23.4. The van der Waals surface area contributed by atoms with Crippen LogP contribution in [0.4, 0.5) is 0 Å². The first-order chi connectivity index (χ1) is 19.8. The normalized spacial score (nSPS) is 18.7. The third-order valence-electron chi connectivity index (χ3n) is 7.07. The Kier molecular flexibility index (Phi) is 10.8. The first-order valence-electron chi connectivity index (χ1n) is 13.8. The van der Waals surface area contributed by atoms with Crippen molar-refractivity contribution in [1.82, 2.24) is 10.2 Å². The van der Waals surface area contributed by atoms with Gasteiger partial charge in [-0.05, 0) is 40.9 Å². The number of carbonyl (C=O) groups is 2. The number of hydrogen-bond donors (Lipinski definition) is 3. The van der Waals surface area contributed by atoms with Gasteiger partial charge in [0, 0.05) is 38.0 Å². The number of benzene rings is 3. The third-order valence-corrected chi connectivity index (χ3v) is 7.07. The summed E-state index contributed by atoms with van der Waals surface area (Å²) < 4.78 is 12.9. The molecular weight excluding hydrogens is 520 g/mol. The highest BCUT2D eigenvalue weighted by atomic mass is 16.7. The van der Waals surface area contributed by atoms with Gasteiger partial charge in [0.15, 0.2) is 6.29 Å². The zero-order valence-electron chi connectivity index (χ0n) is 23.4. The van der Waals surface area contributed by atoms with Gasteiger partial charge in [0.05, 0.1) is 25.2 Å². The number of aliphatic carboxylic acids is 1. The van der Waals surface area contributed by atoms with Crippen LogP contribution in [0.25, 0.3) is 11.1 Å². The van der Waals surface area contributed by atoms with E-state index in [1.165, 1.54) is 0 Å². The highest BCUT2D eigenvalue weighted by Crippen LogP contribution is 2.38. The summed E-state index contributed by atoms with van der Waals surface area (Å²) in [7, 11) is 2.05. The van der Waals surface area contributed by atoms with Crippen LogP contribution in [0, 0.1) is 0 Å². The Bertz CT molecular complexity index is 1310. The molecule has 8 heteroatoms. The van der Waals surface area contributed by atoms with Crippen molar-refractivity contribution in [3.8, 4) is 11.1 Å². The van der Waals surface area contributed by atoms with E-state index < -0.39 is 12.3 Å². The quantitative estimate of drug-likeness (QED) is 0.254. The molecule has 4 rings (SSSR count). The Labute approximate surface area is 241 Å². The number of amides is 1. The monoisotopic (exact) mass is 558 g/mol. The predicted octanol–water partition coefficient (Wildman–Crippen LogP) is 4.99. The van der Waals surface area contributed by atoms with Gasteiger partial charge in [0.2, 0.25) is 5.91 Å². The molecule has 1 heterocycles. The number of carbonyl (C=O) groups excluding carboxylic acids is 1. The van der Waals surface area contributed by atoms with E-state index in [1.807, 2.05) is 85.9 Å². The molecule has 0 aromatic heterocycles. The standard InChI is InChI=1S/C33H38N2O6/c1-3-17-35(2)21-29-19-30(26-9-7-23(22-36)8-10-26)41-33(40-29)27-13-11-25(12-14-27)28-6-4-5-24(18-28)20-34-31(37)15-16-32(38)39/h3-14,18,29-30,33,36H,1,15-17,19-22H2,2H3,(H,34,37)(H,38,39)/t29-,30+,33+/m0/s1. The molecule has 1 fully saturated rings. The summed E-state index contributed by atoms with van der Waals surface area (Å²) >= 11 is 0. The topological polar surface area (TPSA) is 108 Å². The number of aliphatic hydroxyl groups excluding tert-OH is 1. The molecule has 1 aliphatic heterocycles. The van der Waals surface area contributed by atoms with Gasteiger partial charge in [-0.2, -0.15) is 0 Å². The average molecular weight is 559 g/mol. The zero-order chi connectivity index (χ0) is 29.2. The van der Waals surface area contributed by atoms with Crippen LogP contribution in [0.5, 0.6) is 0 Å². The molecule has 0 spiro atoms. The van der Waals surface area contributed by atoms with Crippen LogP contribution in [0.1, 0.15) is 53.9 Å². The van der Waals surface area contributed by atoms with Crippen LogP contribution < -0.4 is 5.32 Å². The number of ether oxygens (including phenoxy) is 2. The van der Waals surface area contributed by atoms with Gasteiger partial charge in [-0.3, -0.25) is 9.59 Å². The maximum Gasteiger partial charge on any atom is 0.303 e. The van der Waals surface area contributed by atoms with Gasteiger partial charge in [0.25, 0.3) is 0 Å². The summed E-state index contributed by atoms with van der Waals surface area (Å²) in [6.07, 6.45) is 1.65. The van der Waals surface area contributed by atoms with Crippen molar-refractivity contribution in [2.75, 3.05) is 20.1 Å². The third kappa shape index (κ3) is 8.83. The highest BCUT2D eigenvalue weighted by Gasteiger charge is 2.32. The van der Waals surface area contributed by atoms with Crippen LogP contribution in [-0.4, -0.2) is 53.2 Å². The van der Waals surface area contributed by atoms with E-state index in [1.54, 1.807) is 0 Å². The van der Waals surface area contributed by atoms with E-state index in [9.17, 15) is 14.7 Å². The molecule has 8 nitrogen and oxygen atoms in total. The second-order valence-corrected chi connectivity index (χ2v) is 10.4. The highest BCUT2D eigenvalue weighted by molar-refractivity contribution is 5.80. The molecule has 3 atom stereocenters. The van der Waals surface area contributed by atoms with Crippen LogP contribution in [0.2, 0.25) is 0 Å². The second kappa shape index (κ2) is 14.7. The van der Waals surface area contributed by atoms with Crippen molar-refractivity contribution in [1.29, 1.82) is 0 Å². The van der Waals surface area contributed by atoms with Gasteiger partial charge in [0.1, 0.15) is 0 Å². The van der Waals surface area contributed by atoms with Crippen LogP contribution >= 0.6 is 0 Å². The lowest BCUT2D eigenvalue weighted by Crippen LogP contribution is -2.37. The fourth-order valence-corrected chi connectivity index (χ4v) is 4.88. The minimum Gasteiger partial charge on any atom is -0.481 e. The Morgan fingerprint density at radius 3 is 2.39 bits per heavy atom. The van der Waals surface area contributed by atoms with E-state index in [0.717, 1.165) is 46.5 Å². The van der Waals surface area contributed by atoms with Crippen LogP contribution in [0.3, 0.4) is 0 Å². The molecule has 0 unspecified atom stereocenters. The summed E-state index contributed by atoms with van der Waals surface area (Å²) in [5.74, 6) is -1.27. The van der Waals surface area contributed by atoms with E-state index in [4.69, 9.17) is 14.6 Å². The number of carboxylic acids is 1. The fraction of sp³-hybridized carbons (Fsp3) is 0.333. The van der Waals surface area contributed by atoms with Crippen molar-refractivity contribution in [2.45, 2.75) is 50.9 Å². The second-order valence-electron chi connectivity index (χ2n) is 10.4. The number of nitrogens with zero attached hydrogens (tertiary/aromatic N) is 1. The van der Waals surface area contributed by atoms with E-state index in [-0.39, 0.29) is 37.6 Å². The van der Waals surface area contributed by atoms with Crippen molar-refractivity contribution in [2.24, 2.45) is 0 Å². The molecule has 0 radical (unpaired) electrons. The average Bonchev–Trinajstić information content (AvgIpc) is 2.99. The Morgan fingerprint density at radius 1 is 0.976 bits per heavy atom. The molecule has 3 aromatic rings. The summed E-state index contributed by atoms with van der Waals surface area (Å²) in [5, 5.41) is 21.0. The molecule has 1 amide bonds. The summed E-state index contributed by atoms with van der Waals surface area (Å²) in [6, 6.07) is 23.8. The molecule has 3 aromatic carbocycles. The number of carboxylic acid groups (broad SMARTS) is 1. The minimum absolute atomic E-state index is 0.00317. The Balaban J connectivity index is 1.46. The summed E-state index contributed by atoms with van der Waals surface area (Å²) in [5.41, 5.74) is 5.78. The predicted molar refractivity (Wildman–Crippen MR) is 157 cm³/mol. The number of nitrogens with one attached hydrogen (secondary N) is 1. The fourth-order valence-electron chi connectivity index (χ4n) is 4.88. The maximum absolute atomic E-state index is 11.9. The molecule has 1 saturated heterocycles.